The second-order valence-electron chi connectivity index (χ2n) is 5.52. The molecule has 1 heterocycles. The number of aromatic amines is 1. The minimum atomic E-state index is -0.981. The van der Waals surface area contributed by atoms with Crippen LogP contribution in [0.2, 0.25) is 0 Å². The first-order valence-corrected chi connectivity index (χ1v) is 7.67. The van der Waals surface area contributed by atoms with Crippen LogP contribution in [0.1, 0.15) is 11.7 Å². The van der Waals surface area contributed by atoms with Gasteiger partial charge in [0.05, 0.1) is 11.8 Å². The minimum absolute atomic E-state index is 0.0818. The van der Waals surface area contributed by atoms with Crippen molar-refractivity contribution < 1.29 is 19.8 Å². The first-order valence-electron chi connectivity index (χ1n) is 7.67. The number of phenolic OH excluding ortho intramolecular Hbond substituents is 1. The molecule has 0 saturated heterocycles. The van der Waals surface area contributed by atoms with Gasteiger partial charge in [0.2, 0.25) is 0 Å². The Balaban J connectivity index is 1.58. The molecule has 5 N–H and O–H groups in total. The summed E-state index contributed by atoms with van der Waals surface area (Å²) in [6, 6.07) is 13.1. The molecule has 1 unspecified atom stereocenters. The maximum Gasteiger partial charge on any atom is 0.313 e. The monoisotopic (exact) mass is 339 g/mol. The predicted molar refractivity (Wildman–Crippen MR) is 93.0 cm³/mol. The standard InChI is InChI=1S/C18H17N3O4/c22-12-6-4-11(5-7-12)16(23)10-20-17(24)18(25)21-15-3-1-2-14-13(15)8-9-19-14/h1-9,16,19,22-23H,10H2,(H,20,24)(H,21,25). The molecule has 0 spiro atoms. The lowest BCUT2D eigenvalue weighted by Gasteiger charge is -2.12. The molecule has 0 aliphatic heterocycles. The normalized spacial score (nSPS) is 11.9. The number of anilines is 1. The molecule has 0 saturated carbocycles. The number of aromatic hydroxyl groups is 1. The van der Waals surface area contributed by atoms with Gasteiger partial charge in [-0.05, 0) is 35.9 Å². The Kier molecular flexibility index (Phi) is 4.67. The molecular formula is C18H17N3O4. The number of phenols is 1. The average Bonchev–Trinajstić information content (AvgIpc) is 3.09. The smallest absolute Gasteiger partial charge is 0.313 e. The van der Waals surface area contributed by atoms with Crippen LogP contribution in [-0.2, 0) is 9.59 Å². The molecule has 0 fully saturated rings. The molecule has 2 aromatic carbocycles. The number of hydrogen-bond acceptors (Lipinski definition) is 4. The van der Waals surface area contributed by atoms with Gasteiger partial charge in [0.1, 0.15) is 5.75 Å². The van der Waals surface area contributed by atoms with Gasteiger partial charge in [-0.15, -0.1) is 0 Å². The maximum absolute atomic E-state index is 12.0. The molecule has 128 valence electrons. The minimum Gasteiger partial charge on any atom is -0.508 e. The Bertz CT molecular complexity index is 902. The summed E-state index contributed by atoms with van der Waals surface area (Å²) < 4.78 is 0. The molecule has 7 nitrogen and oxygen atoms in total. The van der Waals surface area contributed by atoms with E-state index in [-0.39, 0.29) is 12.3 Å². The molecule has 3 rings (SSSR count). The number of rotatable bonds is 4. The van der Waals surface area contributed by atoms with Gasteiger partial charge in [-0.3, -0.25) is 9.59 Å². The van der Waals surface area contributed by atoms with Crippen LogP contribution < -0.4 is 10.6 Å². The van der Waals surface area contributed by atoms with Crippen molar-refractivity contribution >= 4 is 28.4 Å². The van der Waals surface area contributed by atoms with Gasteiger partial charge in [-0.1, -0.05) is 18.2 Å². The van der Waals surface area contributed by atoms with Crippen molar-refractivity contribution in [3.63, 3.8) is 0 Å². The van der Waals surface area contributed by atoms with E-state index in [4.69, 9.17) is 0 Å². The fourth-order valence-corrected chi connectivity index (χ4v) is 2.46. The maximum atomic E-state index is 12.0. The summed E-state index contributed by atoms with van der Waals surface area (Å²) in [7, 11) is 0. The van der Waals surface area contributed by atoms with Crippen LogP contribution in [0.15, 0.2) is 54.7 Å². The van der Waals surface area contributed by atoms with Crippen molar-refractivity contribution in [1.29, 1.82) is 0 Å². The zero-order valence-corrected chi connectivity index (χ0v) is 13.2. The molecule has 0 radical (unpaired) electrons. The third kappa shape index (κ3) is 3.78. The summed E-state index contributed by atoms with van der Waals surface area (Å²) in [5, 5.41) is 25.0. The van der Waals surface area contributed by atoms with Crippen LogP contribution in [0, 0.1) is 0 Å². The molecule has 25 heavy (non-hydrogen) atoms. The lowest BCUT2D eigenvalue weighted by molar-refractivity contribution is -0.136. The van der Waals surface area contributed by atoms with E-state index >= 15 is 0 Å². The van der Waals surface area contributed by atoms with Crippen LogP contribution in [0.5, 0.6) is 5.75 Å². The van der Waals surface area contributed by atoms with Gasteiger partial charge in [0.15, 0.2) is 0 Å². The largest absolute Gasteiger partial charge is 0.508 e. The number of aliphatic hydroxyl groups excluding tert-OH is 1. The van der Waals surface area contributed by atoms with Crippen molar-refractivity contribution in [1.82, 2.24) is 10.3 Å². The Hall–Kier alpha value is -3.32. The van der Waals surface area contributed by atoms with Gasteiger partial charge in [-0.2, -0.15) is 0 Å². The number of aromatic nitrogens is 1. The fraction of sp³-hybridized carbons (Fsp3) is 0.111. The highest BCUT2D eigenvalue weighted by molar-refractivity contribution is 6.40. The zero-order chi connectivity index (χ0) is 17.8. The van der Waals surface area contributed by atoms with Crippen molar-refractivity contribution in [2.45, 2.75) is 6.10 Å². The van der Waals surface area contributed by atoms with E-state index in [0.29, 0.717) is 11.3 Å². The summed E-state index contributed by atoms with van der Waals surface area (Å²) in [5.41, 5.74) is 1.90. The quantitative estimate of drug-likeness (QED) is 0.465. The number of benzene rings is 2. The van der Waals surface area contributed by atoms with Crippen LogP contribution in [-0.4, -0.2) is 33.6 Å². The summed E-state index contributed by atoms with van der Waals surface area (Å²) >= 11 is 0. The number of carbonyl (C=O) groups excluding carboxylic acids is 2. The Morgan fingerprint density at radius 1 is 1.04 bits per heavy atom. The van der Waals surface area contributed by atoms with E-state index in [2.05, 4.69) is 15.6 Å². The summed E-state index contributed by atoms with van der Waals surface area (Å²) in [6.45, 7) is -0.120. The number of nitrogens with one attached hydrogen (secondary N) is 3. The van der Waals surface area contributed by atoms with Crippen LogP contribution in [0.4, 0.5) is 5.69 Å². The molecule has 2 amide bonds. The highest BCUT2D eigenvalue weighted by Crippen LogP contribution is 2.22. The number of hydrogen-bond donors (Lipinski definition) is 5. The van der Waals surface area contributed by atoms with Crippen LogP contribution in [0.25, 0.3) is 10.9 Å². The van der Waals surface area contributed by atoms with Crippen molar-refractivity contribution in [2.24, 2.45) is 0 Å². The number of aliphatic hydroxyl groups is 1. The molecule has 3 aromatic rings. The highest BCUT2D eigenvalue weighted by atomic mass is 16.3. The molecule has 0 aliphatic carbocycles. The first-order chi connectivity index (χ1) is 12.0. The molecule has 7 heteroatoms. The third-order valence-electron chi connectivity index (χ3n) is 3.78. The van der Waals surface area contributed by atoms with E-state index in [1.165, 1.54) is 12.1 Å². The molecular weight excluding hydrogens is 322 g/mol. The lowest BCUT2D eigenvalue weighted by Crippen LogP contribution is -2.37. The van der Waals surface area contributed by atoms with Crippen molar-refractivity contribution in [3.8, 4) is 5.75 Å². The first kappa shape index (κ1) is 16.5. The van der Waals surface area contributed by atoms with Gasteiger partial charge >= 0.3 is 11.8 Å². The van der Waals surface area contributed by atoms with E-state index < -0.39 is 17.9 Å². The van der Waals surface area contributed by atoms with E-state index in [0.717, 1.165) is 10.9 Å². The third-order valence-corrected chi connectivity index (χ3v) is 3.78. The fourth-order valence-electron chi connectivity index (χ4n) is 2.46. The average molecular weight is 339 g/mol. The van der Waals surface area contributed by atoms with E-state index in [1.807, 2.05) is 6.07 Å². The number of H-pyrrole nitrogens is 1. The SMILES string of the molecule is O=C(NCC(O)c1ccc(O)cc1)C(=O)Nc1cccc2[nH]ccc12. The summed E-state index contributed by atoms with van der Waals surface area (Å²) in [4.78, 5) is 27.0. The zero-order valence-electron chi connectivity index (χ0n) is 13.2. The van der Waals surface area contributed by atoms with Crippen LogP contribution in [0.3, 0.4) is 0 Å². The summed E-state index contributed by atoms with van der Waals surface area (Å²) in [6.07, 6.45) is 0.763. The van der Waals surface area contributed by atoms with Gasteiger partial charge < -0.3 is 25.8 Å². The number of carbonyl (C=O) groups is 2. The molecule has 0 aliphatic rings. The number of amides is 2. The number of fused-ring (bicyclic) bond motifs is 1. The molecule has 1 aromatic heterocycles. The van der Waals surface area contributed by atoms with Gasteiger partial charge in [0.25, 0.3) is 0 Å². The van der Waals surface area contributed by atoms with Crippen LogP contribution >= 0.6 is 0 Å². The van der Waals surface area contributed by atoms with E-state index in [1.54, 1.807) is 36.5 Å². The Morgan fingerprint density at radius 2 is 1.80 bits per heavy atom. The van der Waals surface area contributed by atoms with Gasteiger partial charge in [-0.25, -0.2) is 0 Å². The predicted octanol–water partition coefficient (Wildman–Crippen LogP) is 1.66. The van der Waals surface area contributed by atoms with Crippen molar-refractivity contribution in [2.75, 3.05) is 11.9 Å². The topological polar surface area (TPSA) is 114 Å². The second kappa shape index (κ2) is 7.06. The highest BCUT2D eigenvalue weighted by Gasteiger charge is 2.17. The molecule has 1 atom stereocenters. The summed E-state index contributed by atoms with van der Waals surface area (Å²) in [5.74, 6) is -1.57. The Labute approximate surface area is 143 Å². The van der Waals surface area contributed by atoms with E-state index in [9.17, 15) is 19.8 Å². The van der Waals surface area contributed by atoms with Crippen molar-refractivity contribution in [3.05, 3.63) is 60.3 Å². The Morgan fingerprint density at radius 3 is 2.56 bits per heavy atom. The second-order valence-corrected chi connectivity index (χ2v) is 5.52. The molecule has 0 bridgehead atoms. The lowest BCUT2D eigenvalue weighted by atomic mass is 10.1. The van der Waals surface area contributed by atoms with Gasteiger partial charge in [0, 0.05) is 23.6 Å².